The van der Waals surface area contributed by atoms with E-state index in [-0.39, 0.29) is 6.79 Å². The fourth-order valence-corrected chi connectivity index (χ4v) is 1.59. The molecule has 0 spiro atoms. The maximum absolute atomic E-state index is 10.3. The molecule has 0 heterocycles. The lowest BCUT2D eigenvalue weighted by Gasteiger charge is -2.08. The van der Waals surface area contributed by atoms with E-state index >= 15 is 0 Å². The molecule has 0 fully saturated rings. The van der Waals surface area contributed by atoms with E-state index in [1.807, 2.05) is 6.07 Å². The molecule has 0 radical (unpaired) electrons. The molecule has 0 aliphatic carbocycles. The van der Waals surface area contributed by atoms with Gasteiger partial charge in [0.2, 0.25) is 0 Å². The van der Waals surface area contributed by atoms with Gasteiger partial charge in [0.05, 0.1) is 18.2 Å². The fourth-order valence-electron chi connectivity index (χ4n) is 1.35. The van der Waals surface area contributed by atoms with Gasteiger partial charge in [-0.05, 0) is 17.7 Å². The Kier molecular flexibility index (Phi) is 8.19. The molecule has 6 heteroatoms. The zero-order chi connectivity index (χ0) is 15.5. The quantitative estimate of drug-likeness (QED) is 0.329. The van der Waals surface area contributed by atoms with E-state index in [4.69, 9.17) is 30.9 Å². The first-order valence-electron chi connectivity index (χ1n) is 6.20. The Bertz CT molecular complexity index is 511. The van der Waals surface area contributed by atoms with Gasteiger partial charge in [-0.2, -0.15) is 0 Å². The smallest absolute Gasteiger partial charge is 0.328 e. The molecule has 0 saturated carbocycles. The van der Waals surface area contributed by atoms with Gasteiger partial charge in [-0.15, -0.1) is 0 Å². The lowest BCUT2D eigenvalue weighted by atomic mass is 10.2. The van der Waals surface area contributed by atoms with E-state index in [0.717, 1.165) is 11.6 Å². The molecule has 1 aromatic rings. The highest BCUT2D eigenvalue weighted by atomic mass is 35.5. The van der Waals surface area contributed by atoms with Gasteiger partial charge in [0.25, 0.3) is 0 Å². The van der Waals surface area contributed by atoms with Gasteiger partial charge in [0.15, 0.2) is 6.79 Å². The number of halogens is 1. The Balaban J connectivity index is 2.49. The highest BCUT2D eigenvalue weighted by Gasteiger charge is 2.01. The van der Waals surface area contributed by atoms with Crippen LogP contribution in [0.5, 0.6) is 5.75 Å². The molecular formula is C15H17ClO5. The van der Waals surface area contributed by atoms with Gasteiger partial charge in [0, 0.05) is 13.2 Å². The summed E-state index contributed by atoms with van der Waals surface area (Å²) in [6.45, 7) is 1.05. The van der Waals surface area contributed by atoms with Crippen LogP contribution in [0, 0.1) is 0 Å². The van der Waals surface area contributed by atoms with Crippen LogP contribution < -0.4 is 4.74 Å². The maximum atomic E-state index is 10.3. The standard InChI is InChI=1S/C15H17ClO5/c1-19-8-9-20-11-21-14-7-6-12(10-13(14)16)4-2-3-5-15(17)18/h2-7,10H,8-9,11H2,1H3,(H,17,18). The molecule has 0 bridgehead atoms. The number of carboxylic acids is 1. The van der Waals surface area contributed by atoms with Crippen molar-refractivity contribution >= 4 is 23.6 Å². The SMILES string of the molecule is COCCOCOc1ccc(C=CC=CC(=O)O)cc1Cl. The third-order valence-corrected chi connectivity index (χ3v) is 2.62. The first-order valence-corrected chi connectivity index (χ1v) is 6.58. The second-order valence-electron chi connectivity index (χ2n) is 3.91. The molecule has 0 saturated heterocycles. The highest BCUT2D eigenvalue weighted by molar-refractivity contribution is 6.32. The van der Waals surface area contributed by atoms with Crippen molar-refractivity contribution in [3.63, 3.8) is 0 Å². The minimum atomic E-state index is -0.991. The lowest BCUT2D eigenvalue weighted by Crippen LogP contribution is -2.07. The number of ether oxygens (including phenoxy) is 3. The average Bonchev–Trinajstić information content (AvgIpc) is 2.45. The molecular weight excluding hydrogens is 296 g/mol. The summed E-state index contributed by atoms with van der Waals surface area (Å²) in [7, 11) is 1.60. The van der Waals surface area contributed by atoms with Crippen LogP contribution in [0.1, 0.15) is 5.56 Å². The Morgan fingerprint density at radius 1 is 1.33 bits per heavy atom. The topological polar surface area (TPSA) is 65.0 Å². The number of methoxy groups -OCH3 is 1. The normalized spacial score (nSPS) is 11.3. The summed E-state index contributed by atoms with van der Waals surface area (Å²) in [5.41, 5.74) is 0.836. The van der Waals surface area contributed by atoms with Gasteiger partial charge >= 0.3 is 5.97 Å². The maximum Gasteiger partial charge on any atom is 0.328 e. The number of aliphatic carboxylic acids is 1. The van der Waals surface area contributed by atoms with E-state index in [2.05, 4.69) is 0 Å². The zero-order valence-electron chi connectivity index (χ0n) is 11.6. The van der Waals surface area contributed by atoms with Crippen LogP contribution in [0.2, 0.25) is 5.02 Å². The number of rotatable bonds is 9. The summed E-state index contributed by atoms with van der Waals surface area (Å²) in [4.78, 5) is 10.3. The number of allylic oxidation sites excluding steroid dienone is 2. The van der Waals surface area contributed by atoms with Crippen molar-refractivity contribution in [2.75, 3.05) is 27.1 Å². The molecule has 1 aromatic carbocycles. The Hall–Kier alpha value is -1.82. The molecule has 0 aliphatic rings. The fraction of sp³-hybridized carbons (Fsp3) is 0.267. The van der Waals surface area contributed by atoms with Crippen molar-refractivity contribution < 1.29 is 24.1 Å². The first kappa shape index (κ1) is 17.2. The zero-order valence-corrected chi connectivity index (χ0v) is 12.4. The third kappa shape index (κ3) is 7.51. The Morgan fingerprint density at radius 2 is 2.14 bits per heavy atom. The molecule has 0 unspecified atom stereocenters. The van der Waals surface area contributed by atoms with Gasteiger partial charge in [-0.1, -0.05) is 35.9 Å². The van der Waals surface area contributed by atoms with Gasteiger partial charge < -0.3 is 19.3 Å². The minimum absolute atomic E-state index is 0.0968. The number of hydrogen-bond acceptors (Lipinski definition) is 4. The molecule has 0 aliphatic heterocycles. The predicted molar refractivity (Wildman–Crippen MR) is 80.6 cm³/mol. The van der Waals surface area contributed by atoms with Gasteiger partial charge in [-0.3, -0.25) is 0 Å². The highest BCUT2D eigenvalue weighted by Crippen LogP contribution is 2.26. The summed E-state index contributed by atoms with van der Waals surface area (Å²) in [6.07, 6.45) is 5.84. The van der Waals surface area contributed by atoms with Crippen molar-refractivity contribution in [3.8, 4) is 5.75 Å². The molecule has 21 heavy (non-hydrogen) atoms. The number of carbonyl (C=O) groups is 1. The Morgan fingerprint density at radius 3 is 2.81 bits per heavy atom. The number of benzene rings is 1. The van der Waals surface area contributed by atoms with E-state index in [9.17, 15) is 4.79 Å². The van der Waals surface area contributed by atoms with Crippen molar-refractivity contribution in [2.24, 2.45) is 0 Å². The van der Waals surface area contributed by atoms with Crippen molar-refractivity contribution in [2.45, 2.75) is 0 Å². The molecule has 5 nitrogen and oxygen atoms in total. The van der Waals surface area contributed by atoms with Crippen LogP contribution in [-0.4, -0.2) is 38.2 Å². The van der Waals surface area contributed by atoms with E-state index in [0.29, 0.717) is 24.0 Å². The monoisotopic (exact) mass is 312 g/mol. The molecule has 114 valence electrons. The predicted octanol–water partition coefficient (Wildman–Crippen LogP) is 2.99. The van der Waals surface area contributed by atoms with Crippen LogP contribution in [-0.2, 0) is 14.3 Å². The summed E-state index contributed by atoms with van der Waals surface area (Å²) in [6, 6.07) is 5.25. The van der Waals surface area contributed by atoms with Crippen LogP contribution in [0.25, 0.3) is 6.08 Å². The van der Waals surface area contributed by atoms with E-state index < -0.39 is 5.97 Å². The third-order valence-electron chi connectivity index (χ3n) is 2.32. The van der Waals surface area contributed by atoms with E-state index in [1.165, 1.54) is 6.08 Å². The second kappa shape index (κ2) is 9.99. The largest absolute Gasteiger partial charge is 0.478 e. The summed E-state index contributed by atoms with van der Waals surface area (Å²) >= 11 is 6.08. The minimum Gasteiger partial charge on any atom is -0.478 e. The van der Waals surface area contributed by atoms with Gasteiger partial charge in [0.1, 0.15) is 5.75 Å². The molecule has 0 atom stereocenters. The second-order valence-corrected chi connectivity index (χ2v) is 4.32. The molecule has 1 N–H and O–H groups in total. The van der Waals surface area contributed by atoms with Crippen LogP contribution >= 0.6 is 11.6 Å². The summed E-state index contributed by atoms with van der Waals surface area (Å²) in [5, 5.41) is 8.90. The van der Waals surface area contributed by atoms with Crippen molar-refractivity contribution in [1.29, 1.82) is 0 Å². The van der Waals surface area contributed by atoms with Crippen molar-refractivity contribution in [3.05, 3.63) is 47.0 Å². The molecule has 1 rings (SSSR count). The summed E-state index contributed by atoms with van der Waals surface area (Å²) < 4.78 is 15.4. The number of carboxylic acid groups (broad SMARTS) is 1. The van der Waals surface area contributed by atoms with Crippen LogP contribution in [0.4, 0.5) is 0 Å². The summed E-state index contributed by atoms with van der Waals surface area (Å²) in [5.74, 6) is -0.470. The Labute approximate surface area is 128 Å². The van der Waals surface area contributed by atoms with E-state index in [1.54, 1.807) is 31.4 Å². The molecule has 0 amide bonds. The van der Waals surface area contributed by atoms with Crippen LogP contribution in [0.3, 0.4) is 0 Å². The van der Waals surface area contributed by atoms with Crippen LogP contribution in [0.15, 0.2) is 36.4 Å². The van der Waals surface area contributed by atoms with Crippen molar-refractivity contribution in [1.82, 2.24) is 0 Å². The lowest BCUT2D eigenvalue weighted by molar-refractivity contribution is -0.131. The first-order chi connectivity index (χ1) is 10.1. The van der Waals surface area contributed by atoms with Gasteiger partial charge in [-0.25, -0.2) is 4.79 Å². The average molecular weight is 313 g/mol. The number of hydrogen-bond donors (Lipinski definition) is 1. The molecule has 0 aromatic heterocycles.